The van der Waals surface area contributed by atoms with E-state index in [1.165, 1.54) is 11.3 Å². The predicted molar refractivity (Wildman–Crippen MR) is 72.3 cm³/mol. The lowest BCUT2D eigenvalue weighted by molar-refractivity contribution is 0.0964. The summed E-state index contributed by atoms with van der Waals surface area (Å²) in [6.07, 6.45) is 0. The van der Waals surface area contributed by atoms with Crippen molar-refractivity contribution < 1.29 is 4.79 Å². The van der Waals surface area contributed by atoms with E-state index in [0.717, 1.165) is 16.0 Å². The van der Waals surface area contributed by atoms with E-state index < -0.39 is 0 Å². The SMILES string of the molecule is CNC(=O)c1c(N)sc(-c2ccccc2)c1C. The van der Waals surface area contributed by atoms with E-state index in [0.29, 0.717) is 10.6 Å². The fourth-order valence-corrected chi connectivity index (χ4v) is 2.88. The van der Waals surface area contributed by atoms with Crippen LogP contribution in [-0.4, -0.2) is 13.0 Å². The summed E-state index contributed by atoms with van der Waals surface area (Å²) in [5, 5.41) is 3.19. The van der Waals surface area contributed by atoms with Crippen molar-refractivity contribution in [2.45, 2.75) is 6.92 Å². The molecule has 0 atom stereocenters. The van der Waals surface area contributed by atoms with Crippen LogP contribution in [0.5, 0.6) is 0 Å². The van der Waals surface area contributed by atoms with Crippen LogP contribution < -0.4 is 11.1 Å². The van der Waals surface area contributed by atoms with Gasteiger partial charge in [0.2, 0.25) is 0 Å². The number of carbonyl (C=O) groups excluding carboxylic acids is 1. The van der Waals surface area contributed by atoms with Crippen molar-refractivity contribution in [3.63, 3.8) is 0 Å². The number of thiophene rings is 1. The number of rotatable bonds is 2. The van der Waals surface area contributed by atoms with Crippen LogP contribution in [0, 0.1) is 6.92 Å². The van der Waals surface area contributed by atoms with Gasteiger partial charge in [-0.1, -0.05) is 30.3 Å². The molecule has 0 bridgehead atoms. The van der Waals surface area contributed by atoms with Crippen molar-refractivity contribution in [1.82, 2.24) is 5.32 Å². The molecule has 3 nitrogen and oxygen atoms in total. The lowest BCUT2D eigenvalue weighted by atomic mass is 10.1. The third-order valence-corrected chi connectivity index (χ3v) is 3.83. The maximum Gasteiger partial charge on any atom is 0.254 e. The minimum atomic E-state index is -0.126. The Balaban J connectivity index is 2.56. The van der Waals surface area contributed by atoms with E-state index in [1.54, 1.807) is 7.05 Å². The van der Waals surface area contributed by atoms with E-state index in [4.69, 9.17) is 5.73 Å². The van der Waals surface area contributed by atoms with Crippen molar-refractivity contribution in [2.75, 3.05) is 12.8 Å². The highest BCUT2D eigenvalue weighted by Crippen LogP contribution is 2.37. The van der Waals surface area contributed by atoms with Gasteiger partial charge in [0.15, 0.2) is 0 Å². The number of anilines is 1. The average molecular weight is 246 g/mol. The molecule has 0 fully saturated rings. The Morgan fingerprint density at radius 3 is 2.53 bits per heavy atom. The Kier molecular flexibility index (Phi) is 3.15. The van der Waals surface area contributed by atoms with Crippen LogP contribution in [0.3, 0.4) is 0 Å². The first kappa shape index (κ1) is 11.7. The minimum absolute atomic E-state index is 0.126. The molecule has 1 aromatic carbocycles. The molecule has 0 aliphatic rings. The molecule has 1 aromatic heterocycles. The monoisotopic (exact) mass is 246 g/mol. The molecule has 0 spiro atoms. The van der Waals surface area contributed by atoms with Crippen LogP contribution in [0.2, 0.25) is 0 Å². The summed E-state index contributed by atoms with van der Waals surface area (Å²) in [6.45, 7) is 1.93. The standard InChI is InChI=1S/C13H14N2OS/c1-8-10(13(16)15-2)12(14)17-11(8)9-6-4-3-5-7-9/h3-7H,14H2,1-2H3,(H,15,16). The van der Waals surface area contributed by atoms with Gasteiger partial charge in [-0.15, -0.1) is 11.3 Å². The zero-order chi connectivity index (χ0) is 12.4. The Bertz CT molecular complexity index is 546. The van der Waals surface area contributed by atoms with Gasteiger partial charge < -0.3 is 11.1 Å². The van der Waals surface area contributed by atoms with Gasteiger partial charge in [0, 0.05) is 11.9 Å². The highest BCUT2D eigenvalue weighted by Gasteiger charge is 2.18. The molecular formula is C13H14N2OS. The number of amides is 1. The summed E-state index contributed by atoms with van der Waals surface area (Å²) in [5.41, 5.74) is 8.54. The number of nitrogens with one attached hydrogen (secondary N) is 1. The summed E-state index contributed by atoms with van der Waals surface area (Å²) in [6, 6.07) is 9.96. The number of hydrogen-bond donors (Lipinski definition) is 2. The second-order valence-electron chi connectivity index (χ2n) is 3.74. The maximum absolute atomic E-state index is 11.7. The van der Waals surface area contributed by atoms with E-state index >= 15 is 0 Å². The number of benzene rings is 1. The van der Waals surface area contributed by atoms with Crippen LogP contribution in [-0.2, 0) is 0 Å². The molecule has 1 heterocycles. The topological polar surface area (TPSA) is 55.1 Å². The third kappa shape index (κ3) is 2.03. The van der Waals surface area contributed by atoms with Crippen molar-refractivity contribution in [3.05, 3.63) is 41.5 Å². The molecule has 2 aromatic rings. The third-order valence-electron chi connectivity index (χ3n) is 2.66. The number of nitrogen functional groups attached to an aromatic ring is 1. The number of nitrogens with two attached hydrogens (primary N) is 1. The molecule has 0 aliphatic carbocycles. The lowest BCUT2D eigenvalue weighted by Gasteiger charge is -2.01. The fourth-order valence-electron chi connectivity index (χ4n) is 1.81. The Morgan fingerprint density at radius 2 is 1.94 bits per heavy atom. The zero-order valence-electron chi connectivity index (χ0n) is 9.78. The van der Waals surface area contributed by atoms with Crippen molar-refractivity contribution in [3.8, 4) is 10.4 Å². The Morgan fingerprint density at radius 1 is 1.29 bits per heavy atom. The van der Waals surface area contributed by atoms with E-state index in [9.17, 15) is 4.79 Å². The van der Waals surface area contributed by atoms with Gasteiger partial charge in [-0.3, -0.25) is 4.79 Å². The normalized spacial score (nSPS) is 10.2. The fraction of sp³-hybridized carbons (Fsp3) is 0.154. The summed E-state index contributed by atoms with van der Waals surface area (Å²) < 4.78 is 0. The zero-order valence-corrected chi connectivity index (χ0v) is 10.6. The second-order valence-corrected chi connectivity index (χ2v) is 4.79. The maximum atomic E-state index is 11.7. The first-order chi connectivity index (χ1) is 8.15. The number of carbonyl (C=O) groups is 1. The summed E-state index contributed by atoms with van der Waals surface area (Å²) in [7, 11) is 1.61. The van der Waals surface area contributed by atoms with Crippen molar-refractivity contribution >= 4 is 22.2 Å². The first-order valence-corrected chi connectivity index (χ1v) is 6.13. The highest BCUT2D eigenvalue weighted by molar-refractivity contribution is 7.19. The van der Waals surface area contributed by atoms with E-state index in [-0.39, 0.29) is 5.91 Å². The Hall–Kier alpha value is -1.81. The molecule has 3 N–H and O–H groups in total. The van der Waals surface area contributed by atoms with Crippen molar-refractivity contribution in [2.24, 2.45) is 0 Å². The molecule has 0 unspecified atom stereocenters. The number of hydrogen-bond acceptors (Lipinski definition) is 3. The van der Waals surface area contributed by atoms with Gasteiger partial charge in [0.05, 0.1) is 10.6 Å². The van der Waals surface area contributed by atoms with Gasteiger partial charge in [0.1, 0.15) is 0 Å². The van der Waals surface area contributed by atoms with Gasteiger partial charge >= 0.3 is 0 Å². The average Bonchev–Trinajstić information content (AvgIpc) is 2.65. The smallest absolute Gasteiger partial charge is 0.254 e. The largest absolute Gasteiger partial charge is 0.390 e. The highest BCUT2D eigenvalue weighted by atomic mass is 32.1. The predicted octanol–water partition coefficient (Wildman–Crippen LogP) is 2.67. The molecule has 0 radical (unpaired) electrons. The minimum Gasteiger partial charge on any atom is -0.390 e. The molecule has 4 heteroatoms. The quantitative estimate of drug-likeness (QED) is 0.856. The molecule has 0 saturated heterocycles. The molecular weight excluding hydrogens is 232 g/mol. The van der Waals surface area contributed by atoms with Crippen LogP contribution in [0.1, 0.15) is 15.9 Å². The molecule has 17 heavy (non-hydrogen) atoms. The molecule has 0 aliphatic heterocycles. The summed E-state index contributed by atoms with van der Waals surface area (Å²) >= 11 is 1.45. The van der Waals surface area contributed by atoms with Gasteiger partial charge in [-0.25, -0.2) is 0 Å². The van der Waals surface area contributed by atoms with Crippen LogP contribution in [0.15, 0.2) is 30.3 Å². The van der Waals surface area contributed by atoms with Gasteiger partial charge in [0.25, 0.3) is 5.91 Å². The molecule has 2 rings (SSSR count). The van der Waals surface area contributed by atoms with Crippen molar-refractivity contribution in [1.29, 1.82) is 0 Å². The van der Waals surface area contributed by atoms with Crippen LogP contribution >= 0.6 is 11.3 Å². The Labute approximate surface area is 104 Å². The summed E-state index contributed by atoms with van der Waals surface area (Å²) in [4.78, 5) is 12.8. The van der Waals surface area contributed by atoms with Gasteiger partial charge in [-0.2, -0.15) is 0 Å². The lowest BCUT2D eigenvalue weighted by Crippen LogP contribution is -2.19. The molecule has 88 valence electrons. The second kappa shape index (κ2) is 4.59. The van der Waals surface area contributed by atoms with Crippen LogP contribution in [0.25, 0.3) is 10.4 Å². The molecule has 0 saturated carbocycles. The van der Waals surface area contributed by atoms with E-state index in [2.05, 4.69) is 5.32 Å². The first-order valence-electron chi connectivity index (χ1n) is 5.31. The summed E-state index contributed by atoms with van der Waals surface area (Å²) in [5.74, 6) is -0.126. The van der Waals surface area contributed by atoms with E-state index in [1.807, 2.05) is 37.3 Å². The van der Waals surface area contributed by atoms with Crippen LogP contribution in [0.4, 0.5) is 5.00 Å². The molecule has 1 amide bonds. The van der Waals surface area contributed by atoms with Gasteiger partial charge in [-0.05, 0) is 18.1 Å².